The largest absolute Gasteiger partial charge is 0.495 e. The van der Waals surface area contributed by atoms with Gasteiger partial charge in [0.15, 0.2) is 0 Å². The van der Waals surface area contributed by atoms with Crippen molar-refractivity contribution in [1.29, 1.82) is 0 Å². The molecule has 0 radical (unpaired) electrons. The maximum Gasteiger partial charge on any atom is 0.258 e. The summed E-state index contributed by atoms with van der Waals surface area (Å²) in [5.41, 5.74) is 1.23. The zero-order valence-electron chi connectivity index (χ0n) is 18.8. The van der Waals surface area contributed by atoms with Gasteiger partial charge in [0.05, 0.1) is 12.8 Å². The molecule has 0 unspecified atom stereocenters. The molecule has 32 heavy (non-hydrogen) atoms. The number of hydrogen-bond donors (Lipinski definition) is 0. The fourth-order valence-corrected chi connectivity index (χ4v) is 7.50. The summed E-state index contributed by atoms with van der Waals surface area (Å²) in [6.07, 6.45) is 1.88. The third kappa shape index (κ3) is 4.54. The molecule has 0 N–H and O–H groups in total. The van der Waals surface area contributed by atoms with Crippen LogP contribution in [0.3, 0.4) is 0 Å². The topological polar surface area (TPSA) is 66.9 Å². The number of amides is 1. The van der Waals surface area contributed by atoms with Crippen molar-refractivity contribution >= 4 is 33.4 Å². The Bertz CT molecular complexity index is 1090. The van der Waals surface area contributed by atoms with E-state index in [9.17, 15) is 13.2 Å². The number of nitrogens with zero attached hydrogens (tertiary/aromatic N) is 2. The lowest BCUT2D eigenvalue weighted by Crippen LogP contribution is -2.42. The minimum absolute atomic E-state index is 0.0598. The van der Waals surface area contributed by atoms with E-state index in [2.05, 4.69) is 13.8 Å². The van der Waals surface area contributed by atoms with Crippen molar-refractivity contribution in [2.45, 2.75) is 36.5 Å². The molecule has 8 heteroatoms. The van der Waals surface area contributed by atoms with Gasteiger partial charge in [0.1, 0.15) is 10.6 Å². The van der Waals surface area contributed by atoms with E-state index >= 15 is 0 Å². The Morgan fingerprint density at radius 3 is 2.53 bits per heavy atom. The van der Waals surface area contributed by atoms with Gasteiger partial charge in [-0.1, -0.05) is 26.0 Å². The number of fused-ring (bicyclic) bond motifs is 1. The normalized spacial score (nSPS) is 22.2. The molecule has 0 saturated carbocycles. The van der Waals surface area contributed by atoms with Gasteiger partial charge < -0.3 is 9.64 Å². The first kappa shape index (κ1) is 23.1. The van der Waals surface area contributed by atoms with Crippen molar-refractivity contribution in [3.05, 3.63) is 48.0 Å². The van der Waals surface area contributed by atoms with Crippen LogP contribution < -0.4 is 9.64 Å². The van der Waals surface area contributed by atoms with Gasteiger partial charge in [-0.25, -0.2) is 8.42 Å². The smallest absolute Gasteiger partial charge is 0.258 e. The SMILES string of the molecule is COc1ccc(C(=O)N2CCCSc3ccccc32)cc1S(=O)(=O)N1C[C@@H](C)C[C@H](C)C1. The van der Waals surface area contributed by atoms with Crippen molar-refractivity contribution in [2.75, 3.05) is 37.4 Å². The minimum atomic E-state index is -3.79. The van der Waals surface area contributed by atoms with Crippen LogP contribution in [0.4, 0.5) is 5.69 Å². The van der Waals surface area contributed by atoms with Gasteiger partial charge in [-0.05, 0) is 60.8 Å². The molecule has 4 rings (SSSR count). The average molecular weight is 475 g/mol. The van der Waals surface area contributed by atoms with Crippen LogP contribution in [0.15, 0.2) is 52.3 Å². The zero-order valence-corrected chi connectivity index (χ0v) is 20.4. The van der Waals surface area contributed by atoms with Crippen molar-refractivity contribution in [2.24, 2.45) is 11.8 Å². The second kappa shape index (κ2) is 9.45. The summed E-state index contributed by atoms with van der Waals surface area (Å²) in [5.74, 6) is 1.58. The third-order valence-electron chi connectivity index (χ3n) is 6.05. The summed E-state index contributed by atoms with van der Waals surface area (Å²) in [6.45, 7) is 5.70. The number of piperidine rings is 1. The molecule has 172 valence electrons. The second-order valence-corrected chi connectivity index (χ2v) is 11.8. The lowest BCUT2D eigenvalue weighted by Gasteiger charge is -2.34. The van der Waals surface area contributed by atoms with Gasteiger partial charge >= 0.3 is 0 Å². The second-order valence-electron chi connectivity index (χ2n) is 8.76. The number of anilines is 1. The number of sulfonamides is 1. The minimum Gasteiger partial charge on any atom is -0.495 e. The standard InChI is InChI=1S/C24H30N2O4S2/c1-17-13-18(2)16-25(15-17)32(28,29)23-14-19(9-10-21(23)30-3)24(27)26-11-6-12-31-22-8-5-4-7-20(22)26/h4-5,7-10,14,17-18H,6,11-13,15-16H2,1-3H3/t17-,18-/m0/s1. The molecule has 1 amide bonds. The molecule has 6 nitrogen and oxygen atoms in total. The quantitative estimate of drug-likeness (QED) is 0.653. The highest BCUT2D eigenvalue weighted by molar-refractivity contribution is 7.99. The van der Waals surface area contributed by atoms with E-state index < -0.39 is 10.0 Å². The molecule has 0 aliphatic carbocycles. The summed E-state index contributed by atoms with van der Waals surface area (Å²) in [6, 6.07) is 12.6. The van der Waals surface area contributed by atoms with Gasteiger partial charge in [0.25, 0.3) is 5.91 Å². The molecule has 2 aromatic carbocycles. The molecule has 0 aromatic heterocycles. The molecule has 2 aliphatic rings. The van der Waals surface area contributed by atoms with Crippen LogP contribution in [0, 0.1) is 11.8 Å². The van der Waals surface area contributed by atoms with Gasteiger partial charge in [-0.15, -0.1) is 11.8 Å². The van der Waals surface area contributed by atoms with Crippen molar-refractivity contribution < 1.29 is 17.9 Å². The number of para-hydroxylation sites is 1. The Hall–Kier alpha value is -2.03. The zero-order chi connectivity index (χ0) is 22.9. The number of carbonyl (C=O) groups is 1. The van der Waals surface area contributed by atoms with Gasteiger partial charge in [-0.2, -0.15) is 4.31 Å². The summed E-state index contributed by atoms with van der Waals surface area (Å²) in [5, 5.41) is 0. The molecule has 0 spiro atoms. The predicted octanol–water partition coefficient (Wildman–Crippen LogP) is 4.50. The van der Waals surface area contributed by atoms with E-state index in [0.717, 1.165) is 29.2 Å². The molecule has 0 bridgehead atoms. The van der Waals surface area contributed by atoms with Gasteiger partial charge in [0, 0.05) is 30.1 Å². The first-order valence-electron chi connectivity index (χ1n) is 11.0. The van der Waals surface area contributed by atoms with Crippen molar-refractivity contribution in [3.63, 3.8) is 0 Å². The van der Waals surface area contributed by atoms with Crippen molar-refractivity contribution in [3.8, 4) is 5.75 Å². The number of benzene rings is 2. The summed E-state index contributed by atoms with van der Waals surface area (Å²) in [4.78, 5) is 16.4. The Balaban J connectivity index is 1.72. The van der Waals surface area contributed by atoms with Gasteiger partial charge in [-0.3, -0.25) is 4.79 Å². The fraction of sp³-hybridized carbons (Fsp3) is 0.458. The van der Waals surface area contributed by atoms with E-state index in [1.165, 1.54) is 17.5 Å². The fourth-order valence-electron chi connectivity index (χ4n) is 4.65. The predicted molar refractivity (Wildman–Crippen MR) is 128 cm³/mol. The van der Waals surface area contributed by atoms with E-state index in [1.54, 1.807) is 28.8 Å². The van der Waals surface area contributed by atoms with Crippen LogP contribution in [0.5, 0.6) is 5.75 Å². The monoisotopic (exact) mass is 474 g/mol. The number of carbonyl (C=O) groups excluding carboxylic acids is 1. The van der Waals surface area contributed by atoms with Crippen LogP contribution in [0.1, 0.15) is 37.0 Å². The molecular weight excluding hydrogens is 444 g/mol. The van der Waals surface area contributed by atoms with Crippen LogP contribution >= 0.6 is 11.8 Å². The van der Waals surface area contributed by atoms with Crippen molar-refractivity contribution in [1.82, 2.24) is 4.31 Å². The molecular formula is C24H30N2O4S2. The molecule has 2 aromatic rings. The molecule has 2 atom stereocenters. The Morgan fingerprint density at radius 1 is 1.09 bits per heavy atom. The average Bonchev–Trinajstić information content (AvgIpc) is 3.00. The van der Waals surface area contributed by atoms with E-state index in [4.69, 9.17) is 4.74 Å². The van der Waals surface area contributed by atoms with Crippen LogP contribution in [0.2, 0.25) is 0 Å². The number of ether oxygens (including phenoxy) is 1. The molecule has 1 fully saturated rings. The first-order chi connectivity index (χ1) is 15.3. The lowest BCUT2D eigenvalue weighted by atomic mass is 9.94. The van der Waals surface area contributed by atoms with Crippen LogP contribution in [-0.2, 0) is 10.0 Å². The highest BCUT2D eigenvalue weighted by Gasteiger charge is 2.34. The lowest BCUT2D eigenvalue weighted by molar-refractivity contribution is 0.0986. The number of methoxy groups -OCH3 is 1. The summed E-state index contributed by atoms with van der Waals surface area (Å²) >= 11 is 1.74. The van der Waals surface area contributed by atoms with E-state index in [-0.39, 0.29) is 28.4 Å². The van der Waals surface area contributed by atoms with E-state index in [1.807, 2.05) is 24.3 Å². The maximum atomic E-state index is 13.6. The number of hydrogen-bond acceptors (Lipinski definition) is 5. The maximum absolute atomic E-state index is 13.6. The van der Waals surface area contributed by atoms with Crippen LogP contribution in [0.25, 0.3) is 0 Å². The summed E-state index contributed by atoms with van der Waals surface area (Å²) < 4.78 is 34.1. The Morgan fingerprint density at radius 2 is 1.81 bits per heavy atom. The van der Waals surface area contributed by atoms with Crippen LogP contribution in [-0.4, -0.2) is 51.1 Å². The highest BCUT2D eigenvalue weighted by Crippen LogP contribution is 2.36. The molecule has 1 saturated heterocycles. The first-order valence-corrected chi connectivity index (χ1v) is 13.5. The Kier molecular flexibility index (Phi) is 6.83. The van der Waals surface area contributed by atoms with Gasteiger partial charge in [0.2, 0.25) is 10.0 Å². The summed E-state index contributed by atoms with van der Waals surface area (Å²) in [7, 11) is -2.33. The third-order valence-corrected chi connectivity index (χ3v) is 9.05. The Labute approximate surface area is 195 Å². The molecule has 2 heterocycles. The van der Waals surface area contributed by atoms with E-state index in [0.29, 0.717) is 25.2 Å². The molecule has 2 aliphatic heterocycles. The number of thioether (sulfide) groups is 1. The highest BCUT2D eigenvalue weighted by atomic mass is 32.2. The number of rotatable bonds is 4.